The number of pyridine rings is 1. The first-order valence-electron chi connectivity index (χ1n) is 5.79. The van der Waals surface area contributed by atoms with Gasteiger partial charge in [0.25, 0.3) is 5.91 Å². The van der Waals surface area contributed by atoms with Crippen LogP contribution in [0.5, 0.6) is 0 Å². The predicted molar refractivity (Wildman–Crippen MR) is 66.6 cm³/mol. The lowest BCUT2D eigenvalue weighted by molar-refractivity contribution is 0.0533. The lowest BCUT2D eigenvalue weighted by Crippen LogP contribution is -2.52. The van der Waals surface area contributed by atoms with Gasteiger partial charge in [0.05, 0.1) is 0 Å². The van der Waals surface area contributed by atoms with Gasteiger partial charge in [-0.2, -0.15) is 0 Å². The van der Waals surface area contributed by atoms with Crippen molar-refractivity contribution in [3.05, 3.63) is 23.9 Å². The number of likely N-dealkylation sites (N-methyl/N-ethyl adjacent to an activating group) is 1. The van der Waals surface area contributed by atoms with Crippen LogP contribution in [0.3, 0.4) is 0 Å². The number of carbonyl (C=O) groups excluding carboxylic acids is 1. The van der Waals surface area contributed by atoms with Gasteiger partial charge in [-0.25, -0.2) is 4.98 Å². The third-order valence-corrected chi connectivity index (χ3v) is 3.12. The van der Waals surface area contributed by atoms with Gasteiger partial charge in [0.2, 0.25) is 0 Å². The lowest BCUT2D eigenvalue weighted by atomic mass is 10.1. The molecule has 1 fully saturated rings. The summed E-state index contributed by atoms with van der Waals surface area (Å²) in [6.45, 7) is 4.65. The maximum atomic E-state index is 12.3. The van der Waals surface area contributed by atoms with Crippen LogP contribution in [0, 0.1) is 0 Å². The van der Waals surface area contributed by atoms with Crippen molar-refractivity contribution in [2.75, 3.05) is 32.4 Å². The standard InChI is InChI=1S/C12H18N4O/c1-9-8-15(2)5-6-16(9)12(17)10-3-4-14-11(13)7-10/h3-4,7,9H,5-6,8H2,1-2H3,(H2,13,14). The van der Waals surface area contributed by atoms with Crippen molar-refractivity contribution in [1.82, 2.24) is 14.8 Å². The quantitative estimate of drug-likeness (QED) is 0.766. The van der Waals surface area contributed by atoms with Crippen LogP contribution in [0.1, 0.15) is 17.3 Å². The smallest absolute Gasteiger partial charge is 0.254 e. The first kappa shape index (κ1) is 11.9. The lowest BCUT2D eigenvalue weighted by Gasteiger charge is -2.38. The Morgan fingerprint density at radius 3 is 2.94 bits per heavy atom. The van der Waals surface area contributed by atoms with Gasteiger partial charge in [-0.3, -0.25) is 4.79 Å². The largest absolute Gasteiger partial charge is 0.384 e. The van der Waals surface area contributed by atoms with Crippen molar-refractivity contribution in [3.8, 4) is 0 Å². The van der Waals surface area contributed by atoms with Crippen molar-refractivity contribution in [2.45, 2.75) is 13.0 Å². The molecule has 0 aromatic carbocycles. The van der Waals surface area contributed by atoms with Crippen LogP contribution in [-0.2, 0) is 0 Å². The predicted octanol–water partition coefficient (Wildman–Crippen LogP) is 0.440. The number of amides is 1. The molecule has 1 atom stereocenters. The highest BCUT2D eigenvalue weighted by Crippen LogP contribution is 2.13. The van der Waals surface area contributed by atoms with Crippen LogP contribution in [0.4, 0.5) is 5.82 Å². The van der Waals surface area contributed by atoms with Gasteiger partial charge in [0.15, 0.2) is 0 Å². The van der Waals surface area contributed by atoms with Crippen LogP contribution in [0.15, 0.2) is 18.3 Å². The Morgan fingerprint density at radius 1 is 1.53 bits per heavy atom. The van der Waals surface area contributed by atoms with Gasteiger partial charge in [0.1, 0.15) is 5.82 Å². The number of aromatic nitrogens is 1. The topological polar surface area (TPSA) is 62.5 Å². The first-order valence-corrected chi connectivity index (χ1v) is 5.79. The van der Waals surface area contributed by atoms with Crippen LogP contribution in [0.2, 0.25) is 0 Å². The fourth-order valence-corrected chi connectivity index (χ4v) is 2.19. The van der Waals surface area contributed by atoms with E-state index in [1.54, 1.807) is 18.3 Å². The van der Waals surface area contributed by atoms with E-state index in [1.807, 2.05) is 4.90 Å². The number of nitrogen functional groups attached to an aromatic ring is 1. The number of carbonyl (C=O) groups is 1. The molecule has 2 heterocycles. The number of nitrogens with zero attached hydrogens (tertiary/aromatic N) is 3. The van der Waals surface area contributed by atoms with E-state index in [9.17, 15) is 4.79 Å². The highest BCUT2D eigenvalue weighted by molar-refractivity contribution is 5.95. The van der Waals surface area contributed by atoms with E-state index in [2.05, 4.69) is 23.9 Å². The summed E-state index contributed by atoms with van der Waals surface area (Å²) in [5.41, 5.74) is 6.21. The van der Waals surface area contributed by atoms with Gasteiger partial charge in [0, 0.05) is 37.4 Å². The van der Waals surface area contributed by atoms with Crippen molar-refractivity contribution >= 4 is 11.7 Å². The minimum absolute atomic E-state index is 0.0414. The zero-order valence-corrected chi connectivity index (χ0v) is 10.3. The second-order valence-corrected chi connectivity index (χ2v) is 4.58. The van der Waals surface area contributed by atoms with Gasteiger partial charge in [-0.05, 0) is 26.1 Å². The van der Waals surface area contributed by atoms with E-state index in [0.717, 1.165) is 19.6 Å². The van der Waals surface area contributed by atoms with E-state index in [4.69, 9.17) is 5.73 Å². The maximum Gasteiger partial charge on any atom is 0.254 e. The van der Waals surface area contributed by atoms with E-state index < -0.39 is 0 Å². The first-order chi connectivity index (χ1) is 8.08. The molecule has 17 heavy (non-hydrogen) atoms. The highest BCUT2D eigenvalue weighted by atomic mass is 16.2. The number of anilines is 1. The minimum atomic E-state index is 0.0414. The molecule has 0 bridgehead atoms. The molecule has 1 saturated heterocycles. The van der Waals surface area contributed by atoms with Crippen LogP contribution in [0.25, 0.3) is 0 Å². The second-order valence-electron chi connectivity index (χ2n) is 4.58. The van der Waals surface area contributed by atoms with Gasteiger partial charge >= 0.3 is 0 Å². The molecule has 0 radical (unpaired) electrons. The summed E-state index contributed by atoms with van der Waals surface area (Å²) in [4.78, 5) is 20.3. The number of hydrogen-bond donors (Lipinski definition) is 1. The normalized spacial score (nSPS) is 21.5. The minimum Gasteiger partial charge on any atom is -0.384 e. The zero-order chi connectivity index (χ0) is 12.4. The summed E-state index contributed by atoms with van der Waals surface area (Å²) >= 11 is 0. The summed E-state index contributed by atoms with van der Waals surface area (Å²) in [5, 5.41) is 0. The second kappa shape index (κ2) is 4.71. The van der Waals surface area contributed by atoms with E-state index in [-0.39, 0.29) is 11.9 Å². The molecular weight excluding hydrogens is 216 g/mol. The molecule has 0 spiro atoms. The van der Waals surface area contributed by atoms with Crippen molar-refractivity contribution in [2.24, 2.45) is 0 Å². The number of hydrogen-bond acceptors (Lipinski definition) is 4. The van der Waals surface area contributed by atoms with Crippen molar-refractivity contribution in [1.29, 1.82) is 0 Å². The summed E-state index contributed by atoms with van der Waals surface area (Å²) in [7, 11) is 2.07. The summed E-state index contributed by atoms with van der Waals surface area (Å²) in [6, 6.07) is 3.58. The van der Waals surface area contributed by atoms with Crippen LogP contribution < -0.4 is 5.73 Å². The fourth-order valence-electron chi connectivity index (χ4n) is 2.19. The highest BCUT2D eigenvalue weighted by Gasteiger charge is 2.26. The molecule has 5 heteroatoms. The van der Waals surface area contributed by atoms with Crippen LogP contribution >= 0.6 is 0 Å². The Kier molecular flexibility index (Phi) is 3.28. The Balaban J connectivity index is 2.15. The monoisotopic (exact) mass is 234 g/mol. The molecular formula is C12H18N4O. The van der Waals surface area contributed by atoms with E-state index >= 15 is 0 Å². The van der Waals surface area contributed by atoms with Crippen LogP contribution in [-0.4, -0.2) is 53.4 Å². The third kappa shape index (κ3) is 2.55. The van der Waals surface area contributed by atoms with Gasteiger partial charge < -0.3 is 15.5 Å². The SMILES string of the molecule is CC1CN(C)CCN1C(=O)c1ccnc(N)c1. The Morgan fingerprint density at radius 2 is 2.29 bits per heavy atom. The molecule has 2 rings (SSSR count). The summed E-state index contributed by atoms with van der Waals surface area (Å²) < 4.78 is 0. The van der Waals surface area contributed by atoms with E-state index in [0.29, 0.717) is 11.4 Å². The molecule has 1 amide bonds. The zero-order valence-electron chi connectivity index (χ0n) is 10.3. The van der Waals surface area contributed by atoms with Gasteiger partial charge in [-0.1, -0.05) is 0 Å². The van der Waals surface area contributed by atoms with Gasteiger partial charge in [-0.15, -0.1) is 0 Å². The average molecular weight is 234 g/mol. The molecule has 92 valence electrons. The van der Waals surface area contributed by atoms with E-state index in [1.165, 1.54) is 0 Å². The fraction of sp³-hybridized carbons (Fsp3) is 0.500. The number of nitrogens with two attached hydrogens (primary N) is 1. The maximum absolute atomic E-state index is 12.3. The molecule has 1 aliphatic rings. The summed E-state index contributed by atoms with van der Waals surface area (Å²) in [6.07, 6.45) is 1.57. The van der Waals surface area contributed by atoms with Crippen molar-refractivity contribution < 1.29 is 4.79 Å². The molecule has 5 nitrogen and oxygen atoms in total. The third-order valence-electron chi connectivity index (χ3n) is 3.12. The van der Waals surface area contributed by atoms with Crippen molar-refractivity contribution in [3.63, 3.8) is 0 Å². The molecule has 0 saturated carbocycles. The number of piperazine rings is 1. The molecule has 1 unspecified atom stereocenters. The molecule has 2 N–H and O–H groups in total. The molecule has 0 aliphatic carbocycles. The Bertz CT molecular complexity index is 421. The molecule has 1 aliphatic heterocycles. The average Bonchev–Trinajstić information content (AvgIpc) is 2.28. The Labute approximate surface area is 101 Å². The molecule has 1 aromatic rings. The number of rotatable bonds is 1. The summed E-state index contributed by atoms with van der Waals surface area (Å²) in [5.74, 6) is 0.428. The molecule has 1 aromatic heterocycles. The Hall–Kier alpha value is -1.62.